The van der Waals surface area contributed by atoms with Crippen molar-refractivity contribution >= 4 is 93.4 Å². The maximum Gasteiger partial charge on any atom is 0.298 e. The topological polar surface area (TPSA) is 494 Å². The fraction of sp³-hybridized carbons (Fsp3) is 0.213. The molecule has 36 nitrogen and oxygen atoms in total. The molecular weight excluding hydrogens is 1610 g/mol. The van der Waals surface area contributed by atoms with Gasteiger partial charge >= 0.3 is 0 Å². The van der Waals surface area contributed by atoms with E-state index in [0.29, 0.717) is 108 Å². The number of oxazole rings is 5. The molecule has 586 valence electrons. The van der Waals surface area contributed by atoms with Crippen LogP contribution in [0.15, 0.2) is 205 Å². The number of rotatable bonds is 13. The number of non-ortho nitro benzene ring substituents is 3. The predicted octanol–water partition coefficient (Wildman–Crippen LogP) is 12.6. The van der Waals surface area contributed by atoms with E-state index in [9.17, 15) is 44.7 Å². The summed E-state index contributed by atoms with van der Waals surface area (Å²) in [6, 6.07) is 41.7. The van der Waals surface area contributed by atoms with Crippen LogP contribution in [0, 0.1) is 60.4 Å². The molecule has 0 radical (unpaired) electrons. The van der Waals surface area contributed by atoms with E-state index in [-0.39, 0.29) is 92.1 Å². The van der Waals surface area contributed by atoms with E-state index in [1.165, 1.54) is 79.8 Å². The van der Waals surface area contributed by atoms with Crippen LogP contribution in [0.3, 0.4) is 0 Å². The van der Waals surface area contributed by atoms with Crippen LogP contribution in [0.25, 0.3) is 56.6 Å². The quantitative estimate of drug-likeness (QED) is 0.0179. The van der Waals surface area contributed by atoms with Crippen LogP contribution in [0.5, 0.6) is 0 Å². The van der Waals surface area contributed by atoms with Crippen molar-refractivity contribution in [1.82, 2.24) is 60.8 Å². The fourth-order valence-corrected chi connectivity index (χ4v) is 12.4. The van der Waals surface area contributed by atoms with E-state index in [1.54, 1.807) is 54.9 Å². The number of hydrogen-bond acceptors (Lipinski definition) is 30. The Balaban J connectivity index is 0.000000149. The summed E-state index contributed by atoms with van der Waals surface area (Å²) in [5, 5.41) is 61.0. The number of nitrogen functional groups attached to an aromatic ring is 1. The first-order valence-corrected chi connectivity index (χ1v) is 34.6. The third kappa shape index (κ3) is 19.1. The summed E-state index contributed by atoms with van der Waals surface area (Å²) in [6.07, 6.45) is 17.0. The molecule has 3 spiro atoms. The van der Waals surface area contributed by atoms with Crippen LogP contribution in [-0.4, -0.2) is 133 Å². The number of nitro groups is 3. The summed E-state index contributed by atoms with van der Waals surface area (Å²) >= 11 is 10.9. The molecule has 5 aromatic carbocycles. The Bertz CT molecular complexity index is 5540. The molecule has 18 rings (SSSR count). The Morgan fingerprint density at radius 1 is 0.491 bits per heavy atom. The second-order valence-corrected chi connectivity index (χ2v) is 25.8. The average molecular weight is 1680 g/mol. The van der Waals surface area contributed by atoms with E-state index in [0.717, 1.165) is 61.9 Å². The number of piperazine rings is 3. The summed E-state index contributed by atoms with van der Waals surface area (Å²) in [5.41, 5.74) is 9.92. The number of nitriles is 2. The first-order valence-electron chi connectivity index (χ1n) is 33.9. The molecular formula is C75H67Cl2N22O14Pd-. The Labute approximate surface area is 671 Å². The second kappa shape index (κ2) is 36.3. The summed E-state index contributed by atoms with van der Waals surface area (Å²) in [6.45, 7) is 3.80. The Hall–Kier alpha value is -13.9. The average Bonchev–Trinajstić information content (AvgIpc) is 1.59. The number of benzene rings is 5. The number of halogens is 2. The third-order valence-corrected chi connectivity index (χ3v) is 18.4. The molecule has 3 saturated heterocycles. The minimum atomic E-state index is -0.525. The molecule has 0 atom stereocenters. The van der Waals surface area contributed by atoms with Crippen LogP contribution in [0.1, 0.15) is 57.3 Å². The van der Waals surface area contributed by atoms with Gasteiger partial charge in [0.1, 0.15) is 40.1 Å². The van der Waals surface area contributed by atoms with Gasteiger partial charge in [0, 0.05) is 148 Å². The first-order chi connectivity index (χ1) is 53.7. The fourth-order valence-electron chi connectivity index (χ4n) is 12.1. The molecule has 12 aromatic rings. The normalized spacial score (nSPS) is 14.9. The van der Waals surface area contributed by atoms with Gasteiger partial charge in [0.25, 0.3) is 40.5 Å². The largest absolute Gasteiger partial charge is 0.444 e. The number of amides is 3. The molecule has 10 heterocycles. The van der Waals surface area contributed by atoms with Crippen molar-refractivity contribution in [2.24, 2.45) is 0 Å². The molecule has 3 saturated carbocycles. The standard InChI is InChI=1S/C20H17N7O2.C15H14N4O4.C15H16N4O2.C9H5ClN2O3.C9H6N2O3.C5H2ClN3.CH4.CH3.Pd/c21-11-15-4-7-23-18(26-15)25-14-3-1-2-13(10-14)16-12-24-19(29-16)27-9-8-22-17(28)20(27)5-6-20;20-13-15(4-5-15)18(7-6-16-13)14-17-9-12(23-14)10-2-1-3-11(8-10)19(21)22;16-11-3-1-2-10(8-11)12-9-18-14(21-12)19-7-6-17-13(20)15(19)4-5-15;10-9-11-5-8(15-9)6-2-1-3-7(4-6)12(13)14;12-11(13)8-3-1-2-7(4-8)9-5-10-6-14-9;6-5-8-2-1-4(3-7)9-5;;;/h1-4,7,10,12H,5-6,8-9H2,(H,22,28)(H,23,25,26);1-3,8-9H,4-7H2,(H,16,20);1-3,8-9H,4-7,16H2,(H,17,20);1-5H;1-6H;1-2H;1H4;1H3;/q;;;;;;;-1;. The van der Waals surface area contributed by atoms with Crippen LogP contribution in [0.2, 0.25) is 10.6 Å². The maximum atomic E-state index is 12.2. The molecule has 6 N–H and O–H groups in total. The van der Waals surface area contributed by atoms with Crippen molar-refractivity contribution in [3.63, 3.8) is 0 Å². The Morgan fingerprint density at radius 3 is 1.25 bits per heavy atom. The molecule has 0 unspecified atom stereocenters. The maximum absolute atomic E-state index is 12.2. The Kier molecular flexibility index (Phi) is 26.3. The zero-order chi connectivity index (χ0) is 77.8. The molecule has 3 aliphatic heterocycles. The second-order valence-electron chi connectivity index (χ2n) is 25.1. The van der Waals surface area contributed by atoms with Gasteiger partial charge in [0.15, 0.2) is 35.2 Å². The minimum Gasteiger partial charge on any atom is -0.444 e. The van der Waals surface area contributed by atoms with Crippen molar-refractivity contribution in [1.29, 1.82) is 10.5 Å². The monoisotopic (exact) mass is 1680 g/mol. The van der Waals surface area contributed by atoms with Crippen molar-refractivity contribution in [3.05, 3.63) is 243 Å². The molecule has 7 aromatic heterocycles. The van der Waals surface area contributed by atoms with Crippen molar-refractivity contribution in [2.45, 2.75) is 62.6 Å². The molecule has 6 fully saturated rings. The van der Waals surface area contributed by atoms with Gasteiger partial charge in [-0.2, -0.15) is 10.5 Å². The van der Waals surface area contributed by atoms with Crippen LogP contribution in [0.4, 0.5) is 52.4 Å². The van der Waals surface area contributed by atoms with Crippen molar-refractivity contribution < 1.29 is 71.7 Å². The van der Waals surface area contributed by atoms with Gasteiger partial charge in [-0.3, -0.25) is 44.7 Å². The van der Waals surface area contributed by atoms with Gasteiger partial charge in [0.05, 0.1) is 45.8 Å². The molecule has 0 bridgehead atoms. The van der Waals surface area contributed by atoms with E-state index >= 15 is 0 Å². The van der Waals surface area contributed by atoms with Gasteiger partial charge in [0.2, 0.25) is 29.0 Å². The van der Waals surface area contributed by atoms with Crippen LogP contribution in [-0.2, 0) is 34.8 Å². The molecule has 3 amide bonds. The third-order valence-electron chi connectivity index (χ3n) is 18.0. The number of carbonyl (C=O) groups is 3. The number of nitrogens with two attached hydrogens (primary N) is 1. The number of nitrogens with zero attached hydrogens (tertiary/aromatic N) is 17. The number of aromatic nitrogens is 9. The van der Waals surface area contributed by atoms with E-state index < -0.39 is 31.4 Å². The van der Waals surface area contributed by atoms with E-state index in [4.69, 9.17) is 61.5 Å². The summed E-state index contributed by atoms with van der Waals surface area (Å²) in [7, 11) is 0. The van der Waals surface area contributed by atoms with Gasteiger partial charge in [-0.25, -0.2) is 44.9 Å². The summed E-state index contributed by atoms with van der Waals surface area (Å²) in [5.74, 6) is 3.14. The number of anilines is 6. The number of hydrogen-bond donors (Lipinski definition) is 5. The minimum absolute atomic E-state index is 0. The van der Waals surface area contributed by atoms with Crippen LogP contribution < -0.4 is 41.7 Å². The van der Waals surface area contributed by atoms with Crippen molar-refractivity contribution in [3.8, 4) is 68.8 Å². The molecule has 6 aliphatic rings. The summed E-state index contributed by atoms with van der Waals surface area (Å²) < 4.78 is 27.7. The van der Waals surface area contributed by atoms with Gasteiger partial charge in [-0.15, -0.1) is 0 Å². The first kappa shape index (κ1) is 82.6. The molecule has 3 aliphatic carbocycles. The smallest absolute Gasteiger partial charge is 0.298 e. The van der Waals surface area contributed by atoms with Gasteiger partial charge in [-0.1, -0.05) is 68.1 Å². The van der Waals surface area contributed by atoms with Gasteiger partial charge in [-0.05, 0) is 98.1 Å². The summed E-state index contributed by atoms with van der Waals surface area (Å²) in [4.78, 5) is 109. The van der Waals surface area contributed by atoms with Crippen LogP contribution >= 0.6 is 23.2 Å². The van der Waals surface area contributed by atoms with E-state index in [1.807, 2.05) is 75.4 Å². The molecule has 114 heavy (non-hydrogen) atoms. The number of carbonyl (C=O) groups excluding carboxylic acids is 3. The predicted molar refractivity (Wildman–Crippen MR) is 411 cm³/mol. The van der Waals surface area contributed by atoms with Gasteiger partial charge < -0.3 is 71.2 Å². The number of nitrogens with one attached hydrogen (secondary N) is 4. The van der Waals surface area contributed by atoms with Crippen molar-refractivity contribution in [2.75, 3.05) is 65.0 Å². The molecule has 39 heteroatoms. The zero-order valence-corrected chi connectivity index (χ0v) is 62.3. The van der Waals surface area contributed by atoms with E-state index in [2.05, 4.69) is 66.1 Å². The Morgan fingerprint density at radius 2 is 0.877 bits per heavy atom. The number of nitro benzene ring substituents is 3. The SMILES string of the molecule is C.N#Cc1ccnc(Cl)n1.N#Cc1ccnc(Nc2cccc(-c3cnc(N4CCNC(=O)C45CC5)o3)c2)n1.Nc1cccc(-c2cnc(N3CCNC(=O)C34CC4)o2)c1.O=C1NCCN(c2ncc(-c3cccc([N+](=O)[O-])c3)o2)C12CC2.O=[N+]([O-])c1cccc(-c2cnc(Cl)o2)c1.O=[N+]([O-])c1cccc(-c2cnco2)c1.[CH3-].[Pd]. The zero-order valence-electron chi connectivity index (χ0n) is 59.3.